The molecule has 0 saturated heterocycles. The molecule has 0 fully saturated rings. The van der Waals surface area contributed by atoms with Crippen LogP contribution in [0.2, 0.25) is 0 Å². The smallest absolute Gasteiger partial charge is 0.132 e. The summed E-state index contributed by atoms with van der Waals surface area (Å²) in [5.74, 6) is 0.872. The van der Waals surface area contributed by atoms with Gasteiger partial charge in [0.2, 0.25) is 0 Å². The Hall–Kier alpha value is -0.890. The molecular weight excluding hydrogens is 192 g/mol. The maximum absolute atomic E-state index is 5.57. The molecule has 0 aromatic heterocycles. The molecule has 0 N–H and O–H groups in total. The Labute approximate surface area is 91.2 Å². The maximum Gasteiger partial charge on any atom is 0.132 e. The van der Waals surface area contributed by atoms with E-state index in [9.17, 15) is 0 Å². The first-order valence-electron chi connectivity index (χ1n) is 4.86. The summed E-state index contributed by atoms with van der Waals surface area (Å²) >= 11 is 4.30. The predicted octanol–water partition coefficient (Wildman–Crippen LogP) is 3.71. The lowest BCUT2D eigenvalue weighted by atomic mass is 10.3. The average Bonchev–Trinajstić information content (AvgIpc) is 2.20. The minimum atomic E-state index is 0.752. The highest BCUT2D eigenvalue weighted by Gasteiger charge is 1.96. The molecule has 0 bridgehead atoms. The molecular formula is C12H16OS. The van der Waals surface area contributed by atoms with Crippen molar-refractivity contribution in [3.63, 3.8) is 0 Å². The summed E-state index contributed by atoms with van der Waals surface area (Å²) < 4.78 is 5.57. The van der Waals surface area contributed by atoms with E-state index in [1.165, 1.54) is 0 Å². The molecule has 1 nitrogen and oxygen atoms in total. The molecule has 0 unspecified atom stereocenters. The van der Waals surface area contributed by atoms with Crippen molar-refractivity contribution in [2.45, 2.75) is 24.7 Å². The normalized spacial score (nSPS) is 10.7. The van der Waals surface area contributed by atoms with E-state index in [0.717, 1.165) is 30.1 Å². The second kappa shape index (κ2) is 6.55. The van der Waals surface area contributed by atoms with E-state index >= 15 is 0 Å². The Kier molecular flexibility index (Phi) is 5.23. The number of allylic oxidation sites excluding steroid dienone is 2. The number of unbranched alkanes of at least 4 members (excludes halogenated alkanes) is 1. The minimum absolute atomic E-state index is 0.752. The van der Waals surface area contributed by atoms with Gasteiger partial charge in [-0.15, -0.1) is 12.6 Å². The van der Waals surface area contributed by atoms with Gasteiger partial charge in [0, 0.05) is 4.90 Å². The Bertz CT molecular complexity index is 294. The first-order chi connectivity index (χ1) is 6.84. The average molecular weight is 208 g/mol. The zero-order valence-electron chi connectivity index (χ0n) is 8.44. The van der Waals surface area contributed by atoms with E-state index in [2.05, 4.69) is 24.8 Å². The van der Waals surface area contributed by atoms with E-state index in [1.807, 2.05) is 31.2 Å². The third kappa shape index (κ3) is 3.88. The number of rotatable bonds is 5. The monoisotopic (exact) mass is 208 g/mol. The van der Waals surface area contributed by atoms with Crippen molar-refractivity contribution < 1.29 is 4.74 Å². The van der Waals surface area contributed by atoms with Crippen LogP contribution < -0.4 is 4.74 Å². The van der Waals surface area contributed by atoms with Crippen LogP contribution in [-0.2, 0) is 0 Å². The molecule has 0 atom stereocenters. The first kappa shape index (κ1) is 11.2. The Morgan fingerprint density at radius 3 is 2.86 bits per heavy atom. The lowest BCUT2D eigenvalue weighted by Crippen LogP contribution is -1.96. The molecule has 0 aliphatic heterocycles. The Morgan fingerprint density at radius 1 is 1.36 bits per heavy atom. The summed E-state index contributed by atoms with van der Waals surface area (Å²) in [4.78, 5) is 0.901. The molecule has 2 heteroatoms. The van der Waals surface area contributed by atoms with Crippen LogP contribution >= 0.6 is 12.6 Å². The van der Waals surface area contributed by atoms with Gasteiger partial charge in [0.25, 0.3) is 0 Å². The summed E-state index contributed by atoms with van der Waals surface area (Å²) in [6, 6.07) is 7.79. The molecule has 14 heavy (non-hydrogen) atoms. The quantitative estimate of drug-likeness (QED) is 0.441. The van der Waals surface area contributed by atoms with Crippen LogP contribution in [0.4, 0.5) is 0 Å². The second-order valence-electron chi connectivity index (χ2n) is 3.03. The number of para-hydroxylation sites is 1. The van der Waals surface area contributed by atoms with Crippen molar-refractivity contribution in [3.05, 3.63) is 36.4 Å². The summed E-state index contributed by atoms with van der Waals surface area (Å²) in [6.45, 7) is 2.78. The van der Waals surface area contributed by atoms with Crippen LogP contribution in [0.25, 0.3) is 0 Å². The van der Waals surface area contributed by atoms with Crippen LogP contribution in [0, 0.1) is 0 Å². The summed E-state index contributed by atoms with van der Waals surface area (Å²) in [5, 5.41) is 0. The van der Waals surface area contributed by atoms with Gasteiger partial charge in [-0.2, -0.15) is 0 Å². The molecule has 1 aromatic carbocycles. The van der Waals surface area contributed by atoms with Gasteiger partial charge in [-0.25, -0.2) is 0 Å². The van der Waals surface area contributed by atoms with Gasteiger partial charge >= 0.3 is 0 Å². The molecule has 0 spiro atoms. The molecule has 0 saturated carbocycles. The van der Waals surface area contributed by atoms with Crippen molar-refractivity contribution in [1.82, 2.24) is 0 Å². The molecule has 0 heterocycles. The van der Waals surface area contributed by atoms with Crippen LogP contribution in [0.5, 0.6) is 5.75 Å². The molecule has 1 rings (SSSR count). The first-order valence-corrected chi connectivity index (χ1v) is 5.31. The standard InChI is InChI=1S/C12H16OS/c1-2-3-4-7-10-13-11-8-5-6-9-12(11)14/h2-3,5-6,8-9,14H,4,7,10H2,1H3. The molecule has 0 aliphatic carbocycles. The molecule has 0 aliphatic rings. The summed E-state index contributed by atoms with van der Waals surface area (Å²) in [7, 11) is 0. The number of hydrogen-bond acceptors (Lipinski definition) is 2. The van der Waals surface area contributed by atoms with E-state index < -0.39 is 0 Å². The van der Waals surface area contributed by atoms with Crippen LogP contribution in [0.3, 0.4) is 0 Å². The highest BCUT2D eigenvalue weighted by molar-refractivity contribution is 7.80. The van der Waals surface area contributed by atoms with E-state index in [-0.39, 0.29) is 0 Å². The summed E-state index contributed by atoms with van der Waals surface area (Å²) in [5.41, 5.74) is 0. The Balaban J connectivity index is 2.28. The fraction of sp³-hybridized carbons (Fsp3) is 0.333. The fourth-order valence-electron chi connectivity index (χ4n) is 1.13. The lowest BCUT2D eigenvalue weighted by Gasteiger charge is -2.06. The highest BCUT2D eigenvalue weighted by atomic mass is 32.1. The van der Waals surface area contributed by atoms with Gasteiger partial charge < -0.3 is 4.74 Å². The van der Waals surface area contributed by atoms with Crippen LogP contribution in [-0.4, -0.2) is 6.61 Å². The third-order valence-electron chi connectivity index (χ3n) is 1.87. The minimum Gasteiger partial charge on any atom is -0.492 e. The number of hydrogen-bond donors (Lipinski definition) is 1. The zero-order valence-corrected chi connectivity index (χ0v) is 9.34. The van der Waals surface area contributed by atoms with Crippen molar-refractivity contribution in [1.29, 1.82) is 0 Å². The molecule has 0 radical (unpaired) electrons. The predicted molar refractivity (Wildman–Crippen MR) is 63.2 cm³/mol. The van der Waals surface area contributed by atoms with Gasteiger partial charge in [0.15, 0.2) is 0 Å². The molecule has 76 valence electrons. The van der Waals surface area contributed by atoms with Crippen LogP contribution in [0.1, 0.15) is 19.8 Å². The van der Waals surface area contributed by atoms with E-state index in [4.69, 9.17) is 4.74 Å². The maximum atomic E-state index is 5.57. The topological polar surface area (TPSA) is 9.23 Å². The number of thiol groups is 1. The lowest BCUT2D eigenvalue weighted by molar-refractivity contribution is 0.305. The number of ether oxygens (including phenoxy) is 1. The highest BCUT2D eigenvalue weighted by Crippen LogP contribution is 2.21. The van der Waals surface area contributed by atoms with E-state index in [0.29, 0.717) is 0 Å². The van der Waals surface area contributed by atoms with Crippen LogP contribution in [0.15, 0.2) is 41.3 Å². The molecule has 1 aromatic rings. The second-order valence-corrected chi connectivity index (χ2v) is 3.51. The van der Waals surface area contributed by atoms with Gasteiger partial charge in [0.05, 0.1) is 6.61 Å². The Morgan fingerprint density at radius 2 is 2.14 bits per heavy atom. The van der Waals surface area contributed by atoms with Gasteiger partial charge in [-0.05, 0) is 31.9 Å². The van der Waals surface area contributed by atoms with Crippen molar-refractivity contribution in [2.24, 2.45) is 0 Å². The van der Waals surface area contributed by atoms with Crippen molar-refractivity contribution in [2.75, 3.05) is 6.61 Å². The van der Waals surface area contributed by atoms with Gasteiger partial charge in [0.1, 0.15) is 5.75 Å². The molecule has 0 amide bonds. The SMILES string of the molecule is CC=CCCCOc1ccccc1S. The van der Waals surface area contributed by atoms with Gasteiger partial charge in [-0.3, -0.25) is 0 Å². The fourth-order valence-corrected chi connectivity index (χ4v) is 1.35. The third-order valence-corrected chi connectivity index (χ3v) is 2.24. The summed E-state index contributed by atoms with van der Waals surface area (Å²) in [6.07, 6.45) is 6.33. The van der Waals surface area contributed by atoms with Gasteiger partial charge in [-0.1, -0.05) is 24.3 Å². The number of benzene rings is 1. The zero-order chi connectivity index (χ0) is 10.2. The largest absolute Gasteiger partial charge is 0.492 e. The van der Waals surface area contributed by atoms with Crippen molar-refractivity contribution in [3.8, 4) is 5.75 Å². The van der Waals surface area contributed by atoms with Crippen molar-refractivity contribution >= 4 is 12.6 Å². The van der Waals surface area contributed by atoms with E-state index in [1.54, 1.807) is 0 Å².